The number of aliphatic imine (C=N–C) groups is 1. The van der Waals surface area contributed by atoms with E-state index in [4.69, 9.17) is 0 Å². The topological polar surface area (TPSA) is 27.6 Å². The molecule has 0 aliphatic heterocycles. The molecule has 1 N–H and O–H groups in total. The summed E-state index contributed by atoms with van der Waals surface area (Å²) in [5.74, 6) is 1.76. The molecule has 0 heterocycles. The molecule has 0 aromatic carbocycles. The van der Waals surface area contributed by atoms with Crippen molar-refractivity contribution in [1.82, 2.24) is 10.2 Å². The second-order valence-corrected chi connectivity index (χ2v) is 4.24. The molecule has 0 amide bonds. The highest BCUT2D eigenvalue weighted by molar-refractivity contribution is 5.79. The normalized spacial score (nSPS) is 13.8. The summed E-state index contributed by atoms with van der Waals surface area (Å²) in [6.45, 7) is 5.56. The van der Waals surface area contributed by atoms with Crippen molar-refractivity contribution in [3.63, 3.8) is 0 Å². The molecule has 0 bridgehead atoms. The highest BCUT2D eigenvalue weighted by Crippen LogP contribution is 2.11. The molecule has 0 aromatic rings. The summed E-state index contributed by atoms with van der Waals surface area (Å²) in [4.78, 5) is 6.23. The van der Waals surface area contributed by atoms with Crippen molar-refractivity contribution in [2.45, 2.75) is 39.5 Å². The molecule has 15 heavy (non-hydrogen) atoms. The third-order valence-corrected chi connectivity index (χ3v) is 2.73. The van der Waals surface area contributed by atoms with Gasteiger partial charge in [-0.25, -0.2) is 0 Å². The molecule has 3 heteroatoms. The van der Waals surface area contributed by atoms with Crippen molar-refractivity contribution < 1.29 is 0 Å². The second kappa shape index (κ2) is 8.57. The molecule has 0 aliphatic carbocycles. The molecule has 0 rings (SSSR count). The van der Waals surface area contributed by atoms with Crippen molar-refractivity contribution >= 4 is 5.96 Å². The van der Waals surface area contributed by atoms with Crippen LogP contribution >= 0.6 is 0 Å². The van der Waals surface area contributed by atoms with E-state index < -0.39 is 0 Å². The Bertz CT molecular complexity index is 176. The minimum atomic E-state index is 0.779. The molecule has 0 saturated carbocycles. The van der Waals surface area contributed by atoms with Gasteiger partial charge in [0.15, 0.2) is 5.96 Å². The summed E-state index contributed by atoms with van der Waals surface area (Å²) in [7, 11) is 5.86. The van der Waals surface area contributed by atoms with E-state index in [9.17, 15) is 0 Å². The fourth-order valence-corrected chi connectivity index (χ4v) is 1.62. The van der Waals surface area contributed by atoms with Gasteiger partial charge in [0.1, 0.15) is 0 Å². The van der Waals surface area contributed by atoms with Crippen LogP contribution in [0.25, 0.3) is 0 Å². The Morgan fingerprint density at radius 2 is 2.00 bits per heavy atom. The van der Waals surface area contributed by atoms with Crippen molar-refractivity contribution in [3.8, 4) is 0 Å². The zero-order valence-electron chi connectivity index (χ0n) is 11.0. The lowest BCUT2D eigenvalue weighted by molar-refractivity contribution is 0.435. The van der Waals surface area contributed by atoms with Crippen molar-refractivity contribution in [2.24, 2.45) is 10.9 Å². The van der Waals surface area contributed by atoms with Crippen LogP contribution in [0.15, 0.2) is 4.99 Å². The summed E-state index contributed by atoms with van der Waals surface area (Å²) in [5, 5.41) is 3.40. The Morgan fingerprint density at radius 1 is 1.33 bits per heavy atom. The van der Waals surface area contributed by atoms with Crippen LogP contribution in [0.3, 0.4) is 0 Å². The molecule has 0 aliphatic rings. The molecule has 0 aromatic heterocycles. The van der Waals surface area contributed by atoms with Gasteiger partial charge in [0.25, 0.3) is 0 Å². The first kappa shape index (κ1) is 14.3. The molecular weight excluding hydrogens is 186 g/mol. The summed E-state index contributed by atoms with van der Waals surface area (Å²) >= 11 is 0. The maximum absolute atomic E-state index is 4.21. The Hall–Kier alpha value is -0.730. The minimum absolute atomic E-state index is 0.779. The maximum atomic E-state index is 4.21. The number of hydrogen-bond acceptors (Lipinski definition) is 1. The van der Waals surface area contributed by atoms with E-state index in [1.807, 2.05) is 26.0 Å². The number of hydrogen-bond donors (Lipinski definition) is 1. The molecular formula is C12H27N3. The quantitative estimate of drug-likeness (QED) is 0.542. The maximum Gasteiger partial charge on any atom is 0.193 e. The average molecular weight is 213 g/mol. The van der Waals surface area contributed by atoms with E-state index in [2.05, 4.69) is 24.2 Å². The van der Waals surface area contributed by atoms with Gasteiger partial charge in [-0.2, -0.15) is 0 Å². The highest BCUT2D eigenvalue weighted by Gasteiger charge is 2.07. The van der Waals surface area contributed by atoms with E-state index in [1.54, 1.807) is 0 Å². The lowest BCUT2D eigenvalue weighted by atomic mass is 9.99. The van der Waals surface area contributed by atoms with Crippen LogP contribution < -0.4 is 5.32 Å². The van der Waals surface area contributed by atoms with Gasteiger partial charge in [0.2, 0.25) is 0 Å². The Morgan fingerprint density at radius 3 is 2.40 bits per heavy atom. The van der Waals surface area contributed by atoms with Crippen LogP contribution in [-0.2, 0) is 0 Å². The summed E-state index contributed by atoms with van der Waals surface area (Å²) in [6.07, 6.45) is 5.20. The zero-order chi connectivity index (χ0) is 11.7. The van der Waals surface area contributed by atoms with Crippen molar-refractivity contribution in [3.05, 3.63) is 0 Å². The molecule has 1 atom stereocenters. The van der Waals surface area contributed by atoms with Crippen LogP contribution in [0.5, 0.6) is 0 Å². The first-order chi connectivity index (χ1) is 7.15. The number of guanidine groups is 1. The Labute approximate surface area is 95.0 Å². The second-order valence-electron chi connectivity index (χ2n) is 4.24. The van der Waals surface area contributed by atoms with E-state index in [0.29, 0.717) is 0 Å². The highest BCUT2D eigenvalue weighted by atomic mass is 15.3. The number of unbranched alkanes of at least 4 members (excludes halogenated alkanes) is 1. The van der Waals surface area contributed by atoms with Gasteiger partial charge in [-0.05, 0) is 12.3 Å². The first-order valence-corrected chi connectivity index (χ1v) is 6.03. The van der Waals surface area contributed by atoms with Crippen molar-refractivity contribution in [1.29, 1.82) is 0 Å². The monoisotopic (exact) mass is 213 g/mol. The lowest BCUT2D eigenvalue weighted by Crippen LogP contribution is -2.38. The van der Waals surface area contributed by atoms with Gasteiger partial charge in [-0.3, -0.25) is 4.99 Å². The summed E-state index contributed by atoms with van der Waals surface area (Å²) in [5.41, 5.74) is 0. The first-order valence-electron chi connectivity index (χ1n) is 6.03. The van der Waals surface area contributed by atoms with E-state index in [-0.39, 0.29) is 0 Å². The molecule has 3 nitrogen and oxygen atoms in total. The minimum Gasteiger partial charge on any atom is -0.356 e. The fraction of sp³-hybridized carbons (Fsp3) is 0.917. The van der Waals surface area contributed by atoms with Crippen LogP contribution in [0.4, 0.5) is 0 Å². The van der Waals surface area contributed by atoms with E-state index in [0.717, 1.165) is 18.4 Å². The number of rotatable bonds is 6. The van der Waals surface area contributed by atoms with Gasteiger partial charge in [-0.1, -0.05) is 33.1 Å². The van der Waals surface area contributed by atoms with E-state index in [1.165, 1.54) is 25.7 Å². The van der Waals surface area contributed by atoms with Crippen LogP contribution in [0, 0.1) is 5.92 Å². The van der Waals surface area contributed by atoms with Crippen molar-refractivity contribution in [2.75, 3.05) is 27.7 Å². The lowest BCUT2D eigenvalue weighted by Gasteiger charge is -2.21. The predicted molar refractivity (Wildman–Crippen MR) is 68.4 cm³/mol. The SMILES string of the molecule is CCCCC(CC)CNC(=NC)N(C)C. The molecule has 0 radical (unpaired) electrons. The smallest absolute Gasteiger partial charge is 0.193 e. The average Bonchev–Trinajstić information content (AvgIpc) is 2.23. The van der Waals surface area contributed by atoms with Gasteiger partial charge >= 0.3 is 0 Å². The third kappa shape index (κ3) is 6.37. The predicted octanol–water partition coefficient (Wildman–Crippen LogP) is 2.34. The number of nitrogens with one attached hydrogen (secondary N) is 1. The number of nitrogens with zero attached hydrogens (tertiary/aromatic N) is 2. The third-order valence-electron chi connectivity index (χ3n) is 2.73. The van der Waals surface area contributed by atoms with Gasteiger partial charge in [0.05, 0.1) is 0 Å². The Balaban J connectivity index is 3.88. The van der Waals surface area contributed by atoms with Crippen LogP contribution in [0.2, 0.25) is 0 Å². The van der Waals surface area contributed by atoms with E-state index >= 15 is 0 Å². The van der Waals surface area contributed by atoms with Crippen LogP contribution in [-0.4, -0.2) is 38.5 Å². The standard InChI is InChI=1S/C12H27N3/c1-6-8-9-11(7-2)10-14-12(13-3)15(4)5/h11H,6-10H2,1-5H3,(H,13,14). The summed E-state index contributed by atoms with van der Waals surface area (Å²) < 4.78 is 0. The molecule has 1 unspecified atom stereocenters. The van der Waals surface area contributed by atoms with Gasteiger partial charge in [0, 0.05) is 27.7 Å². The fourth-order valence-electron chi connectivity index (χ4n) is 1.62. The zero-order valence-corrected chi connectivity index (χ0v) is 11.0. The molecule has 0 spiro atoms. The molecule has 0 saturated heterocycles. The largest absolute Gasteiger partial charge is 0.356 e. The molecule has 90 valence electrons. The van der Waals surface area contributed by atoms with Gasteiger partial charge in [-0.15, -0.1) is 0 Å². The summed E-state index contributed by atoms with van der Waals surface area (Å²) in [6, 6.07) is 0. The molecule has 0 fully saturated rings. The Kier molecular flexibility index (Phi) is 8.15. The van der Waals surface area contributed by atoms with Crippen LogP contribution in [0.1, 0.15) is 39.5 Å². The van der Waals surface area contributed by atoms with Gasteiger partial charge < -0.3 is 10.2 Å².